The van der Waals surface area contributed by atoms with Crippen molar-refractivity contribution in [2.24, 2.45) is 13.0 Å². The van der Waals surface area contributed by atoms with Crippen LogP contribution in [-0.4, -0.2) is 62.6 Å². The topological polar surface area (TPSA) is 70.0 Å². The minimum Gasteiger partial charge on any atom is -0.366 e. The second kappa shape index (κ2) is 9.69. The van der Waals surface area contributed by atoms with Gasteiger partial charge in [-0.2, -0.15) is 13.2 Å². The van der Waals surface area contributed by atoms with Crippen molar-refractivity contribution < 1.29 is 13.2 Å². The lowest BCUT2D eigenvalue weighted by atomic mass is 10.0. The van der Waals surface area contributed by atoms with Gasteiger partial charge < -0.3 is 19.4 Å². The molecule has 2 aliphatic heterocycles. The van der Waals surface area contributed by atoms with Crippen LogP contribution in [0.4, 0.5) is 18.9 Å². The lowest BCUT2D eigenvalue weighted by Crippen LogP contribution is -2.36. The van der Waals surface area contributed by atoms with Crippen LogP contribution in [0.5, 0.6) is 0 Å². The molecule has 35 heavy (non-hydrogen) atoms. The number of fused-ring (bicyclic) bond motifs is 1. The zero-order valence-corrected chi connectivity index (χ0v) is 20.1. The molecule has 0 saturated carbocycles. The Morgan fingerprint density at radius 2 is 1.97 bits per heavy atom. The maximum Gasteiger partial charge on any atom is 0.418 e. The first kappa shape index (κ1) is 23.9. The average Bonchev–Trinajstić information content (AvgIpc) is 3.51. The molecule has 0 bridgehead atoms. The quantitative estimate of drug-likeness (QED) is 0.389. The Labute approximate surface area is 205 Å². The number of nitrogens with one attached hydrogen (secondary N) is 1. The van der Waals surface area contributed by atoms with E-state index in [4.69, 9.17) is 0 Å². The molecule has 2 atom stereocenters. The zero-order valence-electron chi connectivity index (χ0n) is 19.3. The Kier molecular flexibility index (Phi) is 6.63. The van der Waals surface area contributed by atoms with Crippen LogP contribution in [0.2, 0.25) is 0 Å². The van der Waals surface area contributed by atoms with Gasteiger partial charge in [-0.25, -0.2) is 0 Å². The molecule has 5 rings (SSSR count). The molecule has 7 nitrogen and oxygen atoms in total. The molecule has 2 saturated heterocycles. The third kappa shape index (κ3) is 4.97. The largest absolute Gasteiger partial charge is 0.418 e. The summed E-state index contributed by atoms with van der Waals surface area (Å²) in [5.74, 6) is 1.96. The van der Waals surface area contributed by atoms with Gasteiger partial charge in [-0.1, -0.05) is 23.9 Å². The van der Waals surface area contributed by atoms with Crippen molar-refractivity contribution in [2.45, 2.75) is 30.2 Å². The lowest BCUT2D eigenvalue weighted by molar-refractivity contribution is -0.137. The van der Waals surface area contributed by atoms with Crippen LogP contribution in [0.25, 0.3) is 11.4 Å². The fraction of sp³-hybridized carbons (Fsp3) is 0.458. The third-order valence-corrected chi connectivity index (χ3v) is 7.98. The number of thioether (sulfide) groups is 1. The molecule has 3 aromatic rings. The van der Waals surface area contributed by atoms with Crippen LogP contribution in [0.3, 0.4) is 0 Å². The molecule has 11 heteroatoms. The SMILES string of the molecule is Cn1c(SCCCN2C[C@@H]3CCN(c4ccccc4C(F)(F)F)[C@@H]3C2)nnc1-c1ccc(=O)[nH]c1. The molecule has 2 aromatic heterocycles. The monoisotopic (exact) mass is 504 g/mol. The van der Waals surface area contributed by atoms with Gasteiger partial charge in [0.25, 0.3) is 0 Å². The van der Waals surface area contributed by atoms with E-state index in [0.29, 0.717) is 24.0 Å². The lowest BCUT2D eigenvalue weighted by Gasteiger charge is -2.29. The highest BCUT2D eigenvalue weighted by Gasteiger charge is 2.44. The van der Waals surface area contributed by atoms with Gasteiger partial charge in [-0.05, 0) is 43.5 Å². The maximum atomic E-state index is 13.5. The molecule has 0 unspecified atom stereocenters. The number of para-hydroxylation sites is 1. The number of halogens is 3. The number of hydrogen-bond donors (Lipinski definition) is 1. The molecule has 0 amide bonds. The van der Waals surface area contributed by atoms with Crippen molar-refractivity contribution in [3.8, 4) is 11.4 Å². The Bertz CT molecular complexity index is 1220. The van der Waals surface area contributed by atoms with Crippen molar-refractivity contribution >= 4 is 17.4 Å². The molecule has 1 N–H and O–H groups in total. The van der Waals surface area contributed by atoms with E-state index in [1.54, 1.807) is 36.2 Å². The van der Waals surface area contributed by atoms with Crippen molar-refractivity contribution in [3.63, 3.8) is 0 Å². The highest BCUT2D eigenvalue weighted by Crippen LogP contribution is 2.41. The highest BCUT2D eigenvalue weighted by molar-refractivity contribution is 7.99. The molecule has 2 aliphatic rings. The number of aromatic amines is 1. The standard InChI is InChI=1S/C24H27F3N6OS/c1-31-22(16-7-8-21(34)28-13-16)29-30-23(31)35-12-4-10-32-14-17-9-11-33(20(17)15-32)19-6-3-2-5-18(19)24(25,26)27/h2-3,5-8,13,17,20H,4,9-12,14-15H2,1H3,(H,28,34)/t17-,20+/m0/s1. The number of rotatable bonds is 7. The maximum absolute atomic E-state index is 13.5. The van der Waals surface area contributed by atoms with Gasteiger partial charge in [0.05, 0.1) is 5.56 Å². The molecule has 1 aromatic carbocycles. The summed E-state index contributed by atoms with van der Waals surface area (Å²) in [5.41, 5.74) is 0.404. The number of pyridine rings is 1. The molecular formula is C24H27F3N6OS. The molecule has 4 heterocycles. The van der Waals surface area contributed by atoms with E-state index in [1.165, 1.54) is 18.2 Å². The number of hydrogen-bond acceptors (Lipinski definition) is 6. The molecular weight excluding hydrogens is 477 g/mol. The number of anilines is 1. The smallest absolute Gasteiger partial charge is 0.366 e. The normalized spacial score (nSPS) is 20.5. The van der Waals surface area contributed by atoms with Crippen molar-refractivity contribution in [1.82, 2.24) is 24.6 Å². The summed E-state index contributed by atoms with van der Waals surface area (Å²) in [7, 11) is 1.90. The molecule has 0 radical (unpaired) electrons. The van der Waals surface area contributed by atoms with Crippen LogP contribution in [0.15, 0.2) is 52.5 Å². The predicted molar refractivity (Wildman–Crippen MR) is 130 cm³/mol. The Morgan fingerprint density at radius 3 is 2.74 bits per heavy atom. The van der Waals surface area contributed by atoms with Crippen LogP contribution >= 0.6 is 11.8 Å². The Hall–Kier alpha value is -2.79. The first-order valence-electron chi connectivity index (χ1n) is 11.7. The van der Waals surface area contributed by atoms with E-state index in [-0.39, 0.29) is 11.6 Å². The van der Waals surface area contributed by atoms with Crippen molar-refractivity contribution in [1.29, 1.82) is 0 Å². The van der Waals surface area contributed by atoms with Gasteiger partial charge in [0, 0.05) is 62.0 Å². The van der Waals surface area contributed by atoms with Crippen LogP contribution in [0, 0.1) is 5.92 Å². The number of likely N-dealkylation sites (tertiary alicyclic amines) is 1. The number of alkyl halides is 3. The summed E-state index contributed by atoms with van der Waals surface area (Å²) < 4.78 is 42.5. The van der Waals surface area contributed by atoms with Gasteiger partial charge in [-0.15, -0.1) is 10.2 Å². The van der Waals surface area contributed by atoms with Crippen molar-refractivity contribution in [3.05, 3.63) is 58.5 Å². The first-order valence-corrected chi connectivity index (χ1v) is 12.7. The van der Waals surface area contributed by atoms with Gasteiger partial charge in [0.15, 0.2) is 11.0 Å². The van der Waals surface area contributed by atoms with Gasteiger partial charge >= 0.3 is 6.18 Å². The highest BCUT2D eigenvalue weighted by atomic mass is 32.2. The fourth-order valence-electron chi connectivity index (χ4n) is 5.19. The molecule has 186 valence electrons. The van der Waals surface area contributed by atoms with Gasteiger partial charge in [-0.3, -0.25) is 4.79 Å². The summed E-state index contributed by atoms with van der Waals surface area (Å²) >= 11 is 1.63. The van der Waals surface area contributed by atoms with E-state index >= 15 is 0 Å². The number of nitrogens with zero attached hydrogens (tertiary/aromatic N) is 5. The summed E-state index contributed by atoms with van der Waals surface area (Å²) in [6.45, 7) is 3.30. The third-order valence-electron chi connectivity index (χ3n) is 6.87. The molecule has 0 spiro atoms. The summed E-state index contributed by atoms with van der Waals surface area (Å²) in [6, 6.07) is 9.25. The van der Waals surface area contributed by atoms with E-state index < -0.39 is 11.7 Å². The fourth-order valence-corrected chi connectivity index (χ4v) is 6.02. The Balaban J connectivity index is 1.15. The molecule has 2 fully saturated rings. The first-order chi connectivity index (χ1) is 16.8. The van der Waals surface area contributed by atoms with Crippen LogP contribution in [-0.2, 0) is 13.2 Å². The average molecular weight is 505 g/mol. The minimum absolute atomic E-state index is 0.129. The van der Waals surface area contributed by atoms with E-state index in [2.05, 4.69) is 20.1 Å². The molecule has 0 aliphatic carbocycles. The van der Waals surface area contributed by atoms with Crippen LogP contribution in [0.1, 0.15) is 18.4 Å². The number of aromatic nitrogens is 4. The van der Waals surface area contributed by atoms with E-state index in [9.17, 15) is 18.0 Å². The minimum atomic E-state index is -4.35. The second-order valence-electron chi connectivity index (χ2n) is 9.09. The number of H-pyrrole nitrogens is 1. The van der Waals surface area contributed by atoms with Crippen molar-refractivity contribution in [2.75, 3.05) is 36.8 Å². The van der Waals surface area contributed by atoms with Gasteiger partial charge in [0.2, 0.25) is 5.56 Å². The summed E-state index contributed by atoms with van der Waals surface area (Å²) in [6.07, 6.45) is -0.845. The predicted octanol–water partition coefficient (Wildman–Crippen LogP) is 3.88. The summed E-state index contributed by atoms with van der Waals surface area (Å²) in [5, 5.41) is 9.32. The second-order valence-corrected chi connectivity index (χ2v) is 10.2. The van der Waals surface area contributed by atoms with Gasteiger partial charge in [0.1, 0.15) is 0 Å². The van der Waals surface area contributed by atoms with Crippen LogP contribution < -0.4 is 10.5 Å². The Morgan fingerprint density at radius 1 is 1.14 bits per heavy atom. The zero-order chi connectivity index (χ0) is 24.6. The number of benzene rings is 1. The van der Waals surface area contributed by atoms with E-state index in [1.807, 2.05) is 16.5 Å². The van der Waals surface area contributed by atoms with E-state index in [0.717, 1.165) is 48.9 Å². The summed E-state index contributed by atoms with van der Waals surface area (Å²) in [4.78, 5) is 18.3.